The van der Waals surface area contributed by atoms with Gasteiger partial charge in [-0.2, -0.15) is 0 Å². The van der Waals surface area contributed by atoms with Gasteiger partial charge >= 0.3 is 5.97 Å². The highest BCUT2D eigenvalue weighted by molar-refractivity contribution is 6.31. The summed E-state index contributed by atoms with van der Waals surface area (Å²) in [6, 6.07) is 5.30. The van der Waals surface area contributed by atoms with Gasteiger partial charge in [-0.3, -0.25) is 9.59 Å². The van der Waals surface area contributed by atoms with Gasteiger partial charge in [0.15, 0.2) is 0 Å². The number of fused-ring (bicyclic) bond motifs is 2. The van der Waals surface area contributed by atoms with Gasteiger partial charge in [0.2, 0.25) is 5.91 Å². The van der Waals surface area contributed by atoms with Crippen LogP contribution in [0, 0.1) is 30.6 Å². The van der Waals surface area contributed by atoms with Crippen LogP contribution >= 0.6 is 11.6 Å². The predicted octanol–water partition coefficient (Wildman–Crippen LogP) is 3.11. The Morgan fingerprint density at radius 3 is 2.57 bits per heavy atom. The number of allylic oxidation sites excluding steroid dienone is 2. The van der Waals surface area contributed by atoms with E-state index in [-0.39, 0.29) is 17.7 Å². The second kappa shape index (κ2) is 5.19. The van der Waals surface area contributed by atoms with Crippen molar-refractivity contribution in [2.24, 2.45) is 23.7 Å². The first-order chi connectivity index (χ1) is 9.99. The number of carboxylic acids is 1. The van der Waals surface area contributed by atoms with Crippen molar-refractivity contribution in [3.63, 3.8) is 0 Å². The Labute approximate surface area is 127 Å². The molecule has 1 fully saturated rings. The molecule has 4 nitrogen and oxygen atoms in total. The molecule has 3 rings (SSSR count). The summed E-state index contributed by atoms with van der Waals surface area (Å²) in [6.45, 7) is 1.83. The lowest BCUT2D eigenvalue weighted by molar-refractivity contribution is -0.146. The fourth-order valence-corrected chi connectivity index (χ4v) is 3.65. The summed E-state index contributed by atoms with van der Waals surface area (Å²) in [5.41, 5.74) is 1.43. The molecular weight excluding hydrogens is 290 g/mol. The number of carbonyl (C=O) groups is 2. The quantitative estimate of drug-likeness (QED) is 0.843. The molecule has 2 bridgehead atoms. The van der Waals surface area contributed by atoms with Crippen molar-refractivity contribution in [1.82, 2.24) is 0 Å². The van der Waals surface area contributed by atoms with Crippen molar-refractivity contribution in [1.29, 1.82) is 0 Å². The summed E-state index contributed by atoms with van der Waals surface area (Å²) in [5, 5.41) is 12.8. The third kappa shape index (κ3) is 2.33. The molecule has 0 saturated heterocycles. The van der Waals surface area contributed by atoms with Gasteiger partial charge in [-0.15, -0.1) is 0 Å². The van der Waals surface area contributed by atoms with Crippen molar-refractivity contribution in [3.05, 3.63) is 40.9 Å². The summed E-state index contributed by atoms with van der Waals surface area (Å²) >= 11 is 6.04. The number of aliphatic carboxylic acids is 1. The van der Waals surface area contributed by atoms with E-state index in [4.69, 9.17) is 11.6 Å². The zero-order valence-electron chi connectivity index (χ0n) is 11.5. The summed E-state index contributed by atoms with van der Waals surface area (Å²) in [6.07, 6.45) is 4.65. The van der Waals surface area contributed by atoms with E-state index in [1.807, 2.05) is 19.1 Å². The van der Waals surface area contributed by atoms with Crippen LogP contribution in [0.2, 0.25) is 5.02 Å². The molecule has 0 radical (unpaired) electrons. The lowest BCUT2D eigenvalue weighted by atomic mass is 9.82. The minimum atomic E-state index is -0.894. The van der Waals surface area contributed by atoms with E-state index >= 15 is 0 Å². The lowest BCUT2D eigenvalue weighted by Crippen LogP contribution is -2.36. The maximum absolute atomic E-state index is 12.5. The van der Waals surface area contributed by atoms with E-state index in [1.165, 1.54) is 0 Å². The summed E-state index contributed by atoms with van der Waals surface area (Å²) < 4.78 is 0. The zero-order chi connectivity index (χ0) is 15.1. The Bertz CT molecular complexity index is 640. The highest BCUT2D eigenvalue weighted by atomic mass is 35.5. The normalized spacial score (nSPS) is 29.6. The Kier molecular flexibility index (Phi) is 3.49. The summed E-state index contributed by atoms with van der Waals surface area (Å²) in [5.74, 6) is -2.26. The van der Waals surface area contributed by atoms with Crippen LogP contribution in [0.25, 0.3) is 0 Å². The maximum atomic E-state index is 12.5. The van der Waals surface area contributed by atoms with Crippen molar-refractivity contribution >= 4 is 29.2 Å². The Morgan fingerprint density at radius 2 is 1.90 bits per heavy atom. The zero-order valence-corrected chi connectivity index (χ0v) is 12.3. The van der Waals surface area contributed by atoms with E-state index in [1.54, 1.807) is 18.2 Å². The number of amides is 1. The molecule has 1 saturated carbocycles. The van der Waals surface area contributed by atoms with E-state index in [0.29, 0.717) is 10.7 Å². The molecule has 5 heteroatoms. The van der Waals surface area contributed by atoms with Crippen LogP contribution in [0.15, 0.2) is 30.4 Å². The first-order valence-corrected chi connectivity index (χ1v) is 7.34. The number of carbonyl (C=O) groups excluding carboxylic acids is 1. The molecule has 0 aliphatic heterocycles. The van der Waals surface area contributed by atoms with Gasteiger partial charge in [-0.1, -0.05) is 29.8 Å². The topological polar surface area (TPSA) is 66.4 Å². The van der Waals surface area contributed by atoms with Gasteiger partial charge in [0.1, 0.15) is 0 Å². The number of hydrogen-bond acceptors (Lipinski definition) is 2. The SMILES string of the molecule is Cc1c(Cl)cccc1NC(=O)[C@@H]1[C@H](C(=O)O)[C@H]2C=C[C@H]1C2. The van der Waals surface area contributed by atoms with Gasteiger partial charge < -0.3 is 10.4 Å². The minimum Gasteiger partial charge on any atom is -0.481 e. The molecule has 0 spiro atoms. The molecule has 0 aromatic heterocycles. The van der Waals surface area contributed by atoms with Crippen LogP contribution < -0.4 is 5.32 Å². The number of carboxylic acid groups (broad SMARTS) is 1. The van der Waals surface area contributed by atoms with E-state index < -0.39 is 17.8 Å². The van der Waals surface area contributed by atoms with Crippen LogP contribution in [0.4, 0.5) is 5.69 Å². The fraction of sp³-hybridized carbons (Fsp3) is 0.375. The molecule has 2 N–H and O–H groups in total. The molecule has 1 aromatic carbocycles. The molecule has 4 atom stereocenters. The Hall–Kier alpha value is -1.81. The molecule has 2 aliphatic carbocycles. The van der Waals surface area contributed by atoms with Gasteiger partial charge in [-0.05, 0) is 42.9 Å². The van der Waals surface area contributed by atoms with Crippen LogP contribution in [-0.2, 0) is 9.59 Å². The van der Waals surface area contributed by atoms with E-state index in [9.17, 15) is 14.7 Å². The van der Waals surface area contributed by atoms with Crippen LogP contribution in [0.1, 0.15) is 12.0 Å². The first kappa shape index (κ1) is 14.1. The van der Waals surface area contributed by atoms with Crippen LogP contribution in [0.3, 0.4) is 0 Å². The van der Waals surface area contributed by atoms with Crippen molar-refractivity contribution in [2.45, 2.75) is 13.3 Å². The number of halogens is 1. The van der Waals surface area contributed by atoms with Crippen molar-refractivity contribution < 1.29 is 14.7 Å². The Balaban J connectivity index is 1.84. The minimum absolute atomic E-state index is 0.0237. The van der Waals surface area contributed by atoms with Crippen LogP contribution in [0.5, 0.6) is 0 Å². The molecule has 1 amide bonds. The molecular formula is C16H16ClNO3. The molecule has 110 valence electrons. The first-order valence-electron chi connectivity index (χ1n) is 6.96. The third-order valence-corrected chi connectivity index (χ3v) is 4.98. The van der Waals surface area contributed by atoms with Gasteiger partial charge in [-0.25, -0.2) is 0 Å². The van der Waals surface area contributed by atoms with Crippen LogP contribution in [-0.4, -0.2) is 17.0 Å². The number of rotatable bonds is 3. The number of benzene rings is 1. The molecule has 2 aliphatic rings. The monoisotopic (exact) mass is 305 g/mol. The summed E-state index contributed by atoms with van der Waals surface area (Å²) in [4.78, 5) is 24.0. The third-order valence-electron chi connectivity index (χ3n) is 4.57. The van der Waals surface area contributed by atoms with Crippen molar-refractivity contribution in [2.75, 3.05) is 5.32 Å². The Morgan fingerprint density at radius 1 is 1.24 bits per heavy atom. The van der Waals surface area contributed by atoms with Gasteiger partial charge in [0, 0.05) is 10.7 Å². The van der Waals surface area contributed by atoms with Gasteiger partial charge in [0.25, 0.3) is 0 Å². The molecule has 0 unspecified atom stereocenters. The number of nitrogens with one attached hydrogen (secondary N) is 1. The van der Waals surface area contributed by atoms with E-state index in [0.717, 1.165) is 12.0 Å². The molecule has 1 aromatic rings. The fourth-order valence-electron chi connectivity index (χ4n) is 3.48. The number of hydrogen-bond donors (Lipinski definition) is 2. The molecule has 21 heavy (non-hydrogen) atoms. The summed E-state index contributed by atoms with van der Waals surface area (Å²) in [7, 11) is 0. The largest absolute Gasteiger partial charge is 0.481 e. The predicted molar refractivity (Wildman–Crippen MR) is 80.2 cm³/mol. The second-order valence-corrected chi connectivity index (χ2v) is 6.15. The second-order valence-electron chi connectivity index (χ2n) is 5.74. The lowest BCUT2D eigenvalue weighted by Gasteiger charge is -2.24. The standard InChI is InChI=1S/C16H16ClNO3/c1-8-11(17)3-2-4-12(8)18-15(19)13-9-5-6-10(7-9)14(13)16(20)21/h2-6,9-10,13-14H,7H2,1H3,(H,18,19)(H,20,21)/t9-,10-,13-,14+/m0/s1. The molecule has 0 heterocycles. The average Bonchev–Trinajstić information content (AvgIpc) is 3.04. The average molecular weight is 306 g/mol. The number of anilines is 1. The van der Waals surface area contributed by atoms with Crippen molar-refractivity contribution in [3.8, 4) is 0 Å². The highest BCUT2D eigenvalue weighted by Gasteiger charge is 2.51. The smallest absolute Gasteiger partial charge is 0.307 e. The highest BCUT2D eigenvalue weighted by Crippen LogP contribution is 2.48. The van der Waals surface area contributed by atoms with Gasteiger partial charge in [0.05, 0.1) is 11.8 Å². The van der Waals surface area contributed by atoms with E-state index in [2.05, 4.69) is 5.32 Å². The maximum Gasteiger partial charge on any atom is 0.307 e.